The minimum absolute atomic E-state index is 0.828. The second kappa shape index (κ2) is 5.88. The summed E-state index contributed by atoms with van der Waals surface area (Å²) in [4.78, 5) is 0. The summed E-state index contributed by atoms with van der Waals surface area (Å²) in [7, 11) is 1.67. The second-order valence-corrected chi connectivity index (χ2v) is 6.33. The van der Waals surface area contributed by atoms with E-state index < -0.39 is 0 Å². The summed E-state index contributed by atoms with van der Waals surface area (Å²) in [5.41, 5.74) is 6.33. The van der Waals surface area contributed by atoms with Gasteiger partial charge in [0.1, 0.15) is 5.75 Å². The Morgan fingerprint density at radius 2 is 1.81 bits per heavy atom. The number of rotatable bonds is 3. The molecule has 0 radical (unpaired) electrons. The van der Waals surface area contributed by atoms with Crippen molar-refractivity contribution in [2.24, 2.45) is 0 Å². The van der Waals surface area contributed by atoms with Crippen LogP contribution in [0.4, 0.5) is 0 Å². The number of fused-ring (bicyclic) bond motifs is 3. The summed E-state index contributed by atoms with van der Waals surface area (Å²) in [5, 5.41) is 8.93. The fourth-order valence-corrected chi connectivity index (χ4v) is 3.55. The van der Waals surface area contributed by atoms with Crippen LogP contribution in [0.1, 0.15) is 11.3 Å². The van der Waals surface area contributed by atoms with Crippen molar-refractivity contribution >= 4 is 0 Å². The van der Waals surface area contributed by atoms with E-state index >= 15 is 0 Å². The van der Waals surface area contributed by atoms with Gasteiger partial charge in [-0.2, -0.15) is 5.10 Å². The van der Waals surface area contributed by atoms with Crippen LogP contribution in [0.25, 0.3) is 28.3 Å². The molecule has 0 atom stereocenters. The van der Waals surface area contributed by atoms with Crippen LogP contribution < -0.4 is 4.74 Å². The van der Waals surface area contributed by atoms with Crippen LogP contribution in [0.15, 0.2) is 65.3 Å². The Morgan fingerprint density at radius 3 is 2.58 bits per heavy atom. The van der Waals surface area contributed by atoms with Crippen molar-refractivity contribution in [1.29, 1.82) is 0 Å². The van der Waals surface area contributed by atoms with E-state index in [4.69, 9.17) is 14.4 Å². The summed E-state index contributed by atoms with van der Waals surface area (Å²) < 4.78 is 12.9. The predicted molar refractivity (Wildman–Crippen MR) is 98.5 cm³/mol. The molecule has 0 fully saturated rings. The van der Waals surface area contributed by atoms with Crippen molar-refractivity contribution in [3.8, 4) is 34.0 Å². The van der Waals surface area contributed by atoms with Gasteiger partial charge in [-0.05, 0) is 49.2 Å². The van der Waals surface area contributed by atoms with E-state index in [1.54, 1.807) is 7.11 Å². The highest BCUT2D eigenvalue weighted by Crippen LogP contribution is 2.41. The van der Waals surface area contributed by atoms with Gasteiger partial charge < -0.3 is 9.26 Å². The first-order valence-corrected chi connectivity index (χ1v) is 8.61. The maximum absolute atomic E-state index is 5.61. The summed E-state index contributed by atoms with van der Waals surface area (Å²) in [6.45, 7) is 0. The van der Waals surface area contributed by atoms with Crippen LogP contribution in [0.5, 0.6) is 5.75 Å². The van der Waals surface area contributed by atoms with Crippen LogP contribution in [0.2, 0.25) is 0 Å². The third-order valence-electron chi connectivity index (χ3n) is 4.82. The van der Waals surface area contributed by atoms with E-state index in [0.29, 0.717) is 0 Å². The second-order valence-electron chi connectivity index (χ2n) is 6.33. The quantitative estimate of drug-likeness (QED) is 0.556. The molecule has 128 valence electrons. The van der Waals surface area contributed by atoms with Crippen LogP contribution in [-0.2, 0) is 12.8 Å². The van der Waals surface area contributed by atoms with Gasteiger partial charge in [0.2, 0.25) is 0 Å². The number of ether oxygens (including phenoxy) is 1. The molecule has 0 spiro atoms. The van der Waals surface area contributed by atoms with Crippen molar-refractivity contribution in [3.63, 3.8) is 0 Å². The molecule has 0 saturated carbocycles. The SMILES string of the molecule is COc1ccc(-c2c3c(nn2-c2ccccc2)CCc2cnoc2-3)cc1. The van der Waals surface area contributed by atoms with Gasteiger partial charge in [0.05, 0.1) is 35.9 Å². The largest absolute Gasteiger partial charge is 0.497 e. The summed E-state index contributed by atoms with van der Waals surface area (Å²) in [6, 6.07) is 18.2. The smallest absolute Gasteiger partial charge is 0.174 e. The lowest BCUT2D eigenvalue weighted by Crippen LogP contribution is -2.00. The average Bonchev–Trinajstić information content (AvgIpc) is 3.32. The highest BCUT2D eigenvalue weighted by molar-refractivity contribution is 5.84. The number of aryl methyl sites for hydroxylation is 2. The summed E-state index contributed by atoms with van der Waals surface area (Å²) >= 11 is 0. The Balaban J connectivity index is 1.79. The van der Waals surface area contributed by atoms with Gasteiger partial charge in [-0.25, -0.2) is 4.68 Å². The van der Waals surface area contributed by atoms with Gasteiger partial charge in [0.15, 0.2) is 5.76 Å². The van der Waals surface area contributed by atoms with Crippen molar-refractivity contribution in [2.45, 2.75) is 12.8 Å². The standard InChI is InChI=1S/C21H17N3O2/c1-25-17-10-7-14(8-11-17)20-19-18(12-9-15-13-22-26-21(15)19)23-24(20)16-5-3-2-4-6-16/h2-8,10-11,13H,9,12H2,1H3. The Kier molecular flexibility index (Phi) is 3.38. The molecule has 4 aromatic rings. The monoisotopic (exact) mass is 343 g/mol. The summed E-state index contributed by atoms with van der Waals surface area (Å²) in [6.07, 6.45) is 3.60. The molecule has 2 aromatic carbocycles. The Labute approximate surface area is 150 Å². The topological polar surface area (TPSA) is 53.1 Å². The Bertz CT molecular complexity index is 1060. The minimum atomic E-state index is 0.828. The van der Waals surface area contributed by atoms with Crippen LogP contribution in [0, 0.1) is 0 Å². The van der Waals surface area contributed by atoms with Crippen molar-refractivity contribution < 1.29 is 9.26 Å². The Morgan fingerprint density at radius 1 is 1.00 bits per heavy atom. The molecule has 0 N–H and O–H groups in total. The van der Waals surface area contributed by atoms with Gasteiger partial charge in [-0.1, -0.05) is 23.4 Å². The van der Waals surface area contributed by atoms with Gasteiger partial charge in [0, 0.05) is 11.1 Å². The average molecular weight is 343 g/mol. The van der Waals surface area contributed by atoms with E-state index in [1.165, 1.54) is 0 Å². The third kappa shape index (κ3) is 2.24. The van der Waals surface area contributed by atoms with E-state index in [2.05, 4.69) is 29.4 Å². The van der Waals surface area contributed by atoms with E-state index in [1.807, 2.05) is 41.2 Å². The minimum Gasteiger partial charge on any atom is -0.497 e. The van der Waals surface area contributed by atoms with E-state index in [-0.39, 0.29) is 0 Å². The van der Waals surface area contributed by atoms with Gasteiger partial charge >= 0.3 is 0 Å². The zero-order valence-electron chi connectivity index (χ0n) is 14.3. The maximum atomic E-state index is 5.61. The number of para-hydroxylation sites is 1. The number of methoxy groups -OCH3 is 1. The molecule has 2 aromatic heterocycles. The third-order valence-corrected chi connectivity index (χ3v) is 4.82. The van der Waals surface area contributed by atoms with Crippen LogP contribution in [0.3, 0.4) is 0 Å². The Hall–Kier alpha value is -3.34. The molecule has 0 amide bonds. The van der Waals surface area contributed by atoms with Crippen molar-refractivity contribution in [1.82, 2.24) is 14.9 Å². The van der Waals surface area contributed by atoms with E-state index in [9.17, 15) is 0 Å². The van der Waals surface area contributed by atoms with Crippen molar-refractivity contribution in [3.05, 3.63) is 72.1 Å². The number of hydrogen-bond donors (Lipinski definition) is 0. The van der Waals surface area contributed by atoms with Crippen molar-refractivity contribution in [2.75, 3.05) is 7.11 Å². The molecule has 5 rings (SSSR count). The molecule has 26 heavy (non-hydrogen) atoms. The van der Waals surface area contributed by atoms with Gasteiger partial charge in [-0.3, -0.25) is 0 Å². The predicted octanol–water partition coefficient (Wildman–Crippen LogP) is 4.30. The van der Waals surface area contributed by atoms with E-state index in [0.717, 1.165) is 58.1 Å². The first-order valence-electron chi connectivity index (χ1n) is 8.61. The maximum Gasteiger partial charge on any atom is 0.174 e. The van der Waals surface area contributed by atoms with Gasteiger partial charge in [-0.15, -0.1) is 0 Å². The number of benzene rings is 2. The first kappa shape index (κ1) is 15.0. The van der Waals surface area contributed by atoms with Crippen LogP contribution >= 0.6 is 0 Å². The molecule has 1 aliphatic rings. The summed E-state index contributed by atoms with van der Waals surface area (Å²) in [5.74, 6) is 1.66. The normalized spacial score (nSPS) is 12.5. The fraction of sp³-hybridized carbons (Fsp3) is 0.143. The molecule has 0 saturated heterocycles. The molecular weight excluding hydrogens is 326 g/mol. The molecule has 0 aliphatic heterocycles. The number of aromatic nitrogens is 3. The fourth-order valence-electron chi connectivity index (χ4n) is 3.55. The molecule has 2 heterocycles. The molecule has 0 unspecified atom stereocenters. The lowest BCUT2D eigenvalue weighted by Gasteiger charge is -2.12. The number of hydrogen-bond acceptors (Lipinski definition) is 4. The molecule has 5 heteroatoms. The number of nitrogens with zero attached hydrogens (tertiary/aromatic N) is 3. The zero-order chi connectivity index (χ0) is 17.5. The molecular formula is C21H17N3O2. The molecule has 0 bridgehead atoms. The van der Waals surface area contributed by atoms with Gasteiger partial charge in [0.25, 0.3) is 0 Å². The zero-order valence-corrected chi connectivity index (χ0v) is 14.3. The first-order chi connectivity index (χ1) is 12.8. The highest BCUT2D eigenvalue weighted by atomic mass is 16.5. The lowest BCUT2D eigenvalue weighted by molar-refractivity contribution is 0.415. The molecule has 5 nitrogen and oxygen atoms in total. The lowest BCUT2D eigenvalue weighted by atomic mass is 9.93. The molecule has 1 aliphatic carbocycles. The van der Waals surface area contributed by atoms with Crippen LogP contribution in [-0.4, -0.2) is 22.0 Å². The highest BCUT2D eigenvalue weighted by Gasteiger charge is 2.29.